The molecule has 0 aliphatic heterocycles. The van der Waals surface area contributed by atoms with Crippen LogP contribution in [0.2, 0.25) is 0 Å². The Morgan fingerprint density at radius 2 is 1.90 bits per heavy atom. The van der Waals surface area contributed by atoms with Crippen LogP contribution >= 0.6 is 15.9 Å². The summed E-state index contributed by atoms with van der Waals surface area (Å²) in [6, 6.07) is 11.1. The highest BCUT2D eigenvalue weighted by molar-refractivity contribution is 9.10. The molecule has 110 valence electrons. The molecule has 0 bridgehead atoms. The van der Waals surface area contributed by atoms with Crippen molar-refractivity contribution in [3.8, 4) is 0 Å². The Kier molecular flexibility index (Phi) is 5.68. The number of unbranched alkanes of at least 4 members (excludes halogenated alkanes) is 1. The first-order chi connectivity index (χ1) is 10.2. The number of aromatic nitrogens is 2. The monoisotopic (exact) mass is 348 g/mol. The quantitative estimate of drug-likeness (QED) is 0.784. The van der Waals surface area contributed by atoms with Crippen molar-refractivity contribution in [3.05, 3.63) is 46.6 Å². The summed E-state index contributed by atoms with van der Waals surface area (Å²) in [5.41, 5.74) is 1.24. The summed E-state index contributed by atoms with van der Waals surface area (Å²) in [6.07, 6.45) is 2.00. The minimum absolute atomic E-state index is 0.189. The Bertz CT molecular complexity index is 584. The zero-order valence-corrected chi connectivity index (χ0v) is 13.4. The summed E-state index contributed by atoms with van der Waals surface area (Å²) in [4.78, 5) is 11.8. The molecule has 1 heterocycles. The van der Waals surface area contributed by atoms with Gasteiger partial charge in [-0.25, -0.2) is 0 Å². The Morgan fingerprint density at radius 1 is 1.14 bits per heavy atom. The van der Waals surface area contributed by atoms with Crippen LogP contribution in [0.1, 0.15) is 30.3 Å². The number of hydrogen-bond acceptors (Lipinski definition) is 4. The lowest BCUT2D eigenvalue weighted by Gasteiger charge is -2.06. The molecule has 0 atom stereocenters. The SMILES string of the molecule is CCCCNC(=O)c1ccc(Nc2ccc(Br)cc2)nn1. The van der Waals surface area contributed by atoms with Crippen molar-refractivity contribution in [2.75, 3.05) is 11.9 Å². The van der Waals surface area contributed by atoms with E-state index >= 15 is 0 Å². The highest BCUT2D eigenvalue weighted by atomic mass is 79.9. The van der Waals surface area contributed by atoms with Crippen LogP contribution < -0.4 is 10.6 Å². The molecule has 0 saturated carbocycles. The molecule has 21 heavy (non-hydrogen) atoms. The van der Waals surface area contributed by atoms with Gasteiger partial charge in [0.1, 0.15) is 0 Å². The molecule has 0 aliphatic carbocycles. The summed E-state index contributed by atoms with van der Waals surface area (Å²) in [5, 5.41) is 13.9. The fourth-order valence-corrected chi connectivity index (χ4v) is 1.93. The maximum atomic E-state index is 11.8. The van der Waals surface area contributed by atoms with Crippen molar-refractivity contribution < 1.29 is 4.79 Å². The second-order valence-corrected chi connectivity index (χ2v) is 5.46. The normalized spacial score (nSPS) is 10.2. The van der Waals surface area contributed by atoms with E-state index in [1.165, 1.54) is 0 Å². The van der Waals surface area contributed by atoms with Gasteiger partial charge in [-0.05, 0) is 42.8 Å². The predicted molar refractivity (Wildman–Crippen MR) is 86.7 cm³/mol. The molecule has 0 unspecified atom stereocenters. The molecular weight excluding hydrogens is 332 g/mol. The standard InChI is InChI=1S/C15H17BrN4O/c1-2-3-10-17-15(21)13-8-9-14(20-19-13)18-12-6-4-11(16)5-7-12/h4-9H,2-3,10H2,1H3,(H,17,21)(H,18,20). The number of carbonyl (C=O) groups excluding carboxylic acids is 1. The summed E-state index contributed by atoms with van der Waals surface area (Å²) >= 11 is 3.38. The molecule has 6 heteroatoms. The van der Waals surface area contributed by atoms with Gasteiger partial charge in [0.25, 0.3) is 5.91 Å². The van der Waals surface area contributed by atoms with E-state index in [1.54, 1.807) is 12.1 Å². The molecule has 0 spiro atoms. The van der Waals surface area contributed by atoms with Crippen molar-refractivity contribution in [1.29, 1.82) is 0 Å². The highest BCUT2D eigenvalue weighted by Gasteiger charge is 2.07. The van der Waals surface area contributed by atoms with Gasteiger partial charge in [-0.2, -0.15) is 0 Å². The molecule has 1 aromatic heterocycles. The van der Waals surface area contributed by atoms with Gasteiger partial charge in [0.05, 0.1) is 0 Å². The number of amides is 1. The number of hydrogen-bond donors (Lipinski definition) is 2. The predicted octanol–water partition coefficient (Wildman–Crippen LogP) is 3.51. The largest absolute Gasteiger partial charge is 0.351 e. The Morgan fingerprint density at radius 3 is 2.52 bits per heavy atom. The van der Waals surface area contributed by atoms with Crippen LogP contribution in [-0.4, -0.2) is 22.6 Å². The molecule has 1 aromatic carbocycles. The van der Waals surface area contributed by atoms with Crippen LogP contribution in [-0.2, 0) is 0 Å². The highest BCUT2D eigenvalue weighted by Crippen LogP contribution is 2.17. The van der Waals surface area contributed by atoms with Crippen LogP contribution in [0.25, 0.3) is 0 Å². The van der Waals surface area contributed by atoms with Crippen LogP contribution in [0.5, 0.6) is 0 Å². The van der Waals surface area contributed by atoms with E-state index in [0.717, 1.165) is 23.0 Å². The van der Waals surface area contributed by atoms with Crippen molar-refractivity contribution in [1.82, 2.24) is 15.5 Å². The molecule has 2 aromatic rings. The number of nitrogens with one attached hydrogen (secondary N) is 2. The number of nitrogens with zero attached hydrogens (tertiary/aromatic N) is 2. The minimum atomic E-state index is -0.189. The Hall–Kier alpha value is -1.95. The van der Waals surface area contributed by atoms with E-state index in [9.17, 15) is 4.79 Å². The van der Waals surface area contributed by atoms with Crippen LogP contribution in [0, 0.1) is 0 Å². The average Bonchev–Trinajstić information content (AvgIpc) is 2.50. The van der Waals surface area contributed by atoms with Crippen molar-refractivity contribution >= 4 is 33.3 Å². The molecule has 0 aliphatic rings. The third kappa shape index (κ3) is 4.82. The second kappa shape index (κ2) is 7.73. The summed E-state index contributed by atoms with van der Waals surface area (Å²) < 4.78 is 1.01. The zero-order chi connectivity index (χ0) is 15.1. The first-order valence-electron chi connectivity index (χ1n) is 6.83. The summed E-state index contributed by atoms with van der Waals surface area (Å²) in [6.45, 7) is 2.74. The van der Waals surface area contributed by atoms with Gasteiger partial charge < -0.3 is 10.6 Å². The number of carbonyl (C=O) groups is 1. The average molecular weight is 349 g/mol. The first-order valence-corrected chi connectivity index (χ1v) is 7.63. The molecule has 2 N–H and O–H groups in total. The lowest BCUT2D eigenvalue weighted by Crippen LogP contribution is -2.25. The molecule has 5 nitrogen and oxygen atoms in total. The fraction of sp³-hybridized carbons (Fsp3) is 0.267. The number of halogens is 1. The summed E-state index contributed by atoms with van der Waals surface area (Å²) in [5.74, 6) is 0.411. The van der Waals surface area contributed by atoms with E-state index in [1.807, 2.05) is 24.3 Å². The topological polar surface area (TPSA) is 66.9 Å². The minimum Gasteiger partial charge on any atom is -0.351 e. The molecule has 0 saturated heterocycles. The van der Waals surface area contributed by atoms with E-state index in [0.29, 0.717) is 18.1 Å². The van der Waals surface area contributed by atoms with Crippen LogP contribution in [0.4, 0.5) is 11.5 Å². The maximum absolute atomic E-state index is 11.8. The fourth-order valence-electron chi connectivity index (χ4n) is 1.67. The van der Waals surface area contributed by atoms with Gasteiger partial charge in [0, 0.05) is 16.7 Å². The van der Waals surface area contributed by atoms with Crippen LogP contribution in [0.15, 0.2) is 40.9 Å². The van der Waals surface area contributed by atoms with Gasteiger partial charge in [-0.1, -0.05) is 29.3 Å². The van der Waals surface area contributed by atoms with Gasteiger partial charge in [0.15, 0.2) is 11.5 Å². The Labute approximate surface area is 132 Å². The second-order valence-electron chi connectivity index (χ2n) is 4.55. The van der Waals surface area contributed by atoms with Gasteiger partial charge in [-0.15, -0.1) is 10.2 Å². The van der Waals surface area contributed by atoms with Crippen molar-refractivity contribution in [3.63, 3.8) is 0 Å². The molecule has 1 amide bonds. The molecular formula is C15H17BrN4O. The van der Waals surface area contributed by atoms with Crippen molar-refractivity contribution in [2.24, 2.45) is 0 Å². The van der Waals surface area contributed by atoms with Crippen LogP contribution in [0.3, 0.4) is 0 Å². The first kappa shape index (κ1) is 15.4. The lowest BCUT2D eigenvalue weighted by molar-refractivity contribution is 0.0947. The van der Waals surface area contributed by atoms with E-state index in [2.05, 4.69) is 43.7 Å². The smallest absolute Gasteiger partial charge is 0.271 e. The zero-order valence-electron chi connectivity index (χ0n) is 11.8. The third-order valence-electron chi connectivity index (χ3n) is 2.83. The third-order valence-corrected chi connectivity index (χ3v) is 3.36. The number of benzene rings is 1. The summed E-state index contributed by atoms with van der Waals surface area (Å²) in [7, 11) is 0. The number of rotatable bonds is 6. The lowest BCUT2D eigenvalue weighted by atomic mass is 10.3. The van der Waals surface area contributed by atoms with Gasteiger partial charge >= 0.3 is 0 Å². The maximum Gasteiger partial charge on any atom is 0.271 e. The molecule has 0 fully saturated rings. The van der Waals surface area contributed by atoms with Gasteiger partial charge in [-0.3, -0.25) is 4.79 Å². The van der Waals surface area contributed by atoms with E-state index in [4.69, 9.17) is 0 Å². The van der Waals surface area contributed by atoms with E-state index < -0.39 is 0 Å². The van der Waals surface area contributed by atoms with E-state index in [-0.39, 0.29) is 5.91 Å². The number of anilines is 2. The molecule has 0 radical (unpaired) electrons. The van der Waals surface area contributed by atoms with Gasteiger partial charge in [0.2, 0.25) is 0 Å². The van der Waals surface area contributed by atoms with Crippen molar-refractivity contribution in [2.45, 2.75) is 19.8 Å². The Balaban J connectivity index is 1.95. The molecule has 2 rings (SSSR count).